The number of hydrogen-bond donors (Lipinski definition) is 0. The summed E-state index contributed by atoms with van der Waals surface area (Å²) in [6, 6.07) is 16.0. The highest BCUT2D eigenvalue weighted by molar-refractivity contribution is 7.81. The lowest BCUT2D eigenvalue weighted by molar-refractivity contribution is 1.45. The molecule has 1 radical (unpaired) electrons. The van der Waals surface area contributed by atoms with Crippen LogP contribution in [0.3, 0.4) is 0 Å². The molecule has 0 aliphatic rings. The Balaban J connectivity index is 2.32. The number of aryl methyl sites for hydroxylation is 1. The van der Waals surface area contributed by atoms with Crippen molar-refractivity contribution in [1.29, 1.82) is 0 Å². The lowest BCUT2D eigenvalue weighted by atomic mass is 10.0. The predicted octanol–water partition coefficient (Wildman–Crippen LogP) is 4.32. The Morgan fingerprint density at radius 2 is 1.25 bits per heavy atom. The summed E-state index contributed by atoms with van der Waals surface area (Å²) in [6.07, 6.45) is 0. The molecule has 0 nitrogen and oxygen atoms in total. The summed E-state index contributed by atoms with van der Waals surface area (Å²) in [5.41, 5.74) is 3.37. The zero-order valence-electron chi connectivity index (χ0n) is 8.94. The molecule has 0 saturated heterocycles. The first-order chi connectivity index (χ1) is 7.66. The van der Waals surface area contributed by atoms with Gasteiger partial charge in [-0.3, -0.25) is 0 Å². The quantitative estimate of drug-likeness (QED) is 0.559. The third-order valence-corrected chi connectivity index (χ3v) is 3.17. The van der Waals surface area contributed by atoms with Crippen LogP contribution in [0.25, 0.3) is 0 Å². The SMILES string of the molecule is Cc1ccc(C(=S)c2ccc([S])cc2)cc1. The van der Waals surface area contributed by atoms with Gasteiger partial charge in [0.2, 0.25) is 0 Å². The molecular weight excluding hydrogens is 232 g/mol. The highest BCUT2D eigenvalue weighted by Gasteiger charge is 2.03. The molecule has 0 fully saturated rings. The van der Waals surface area contributed by atoms with Gasteiger partial charge in [0.15, 0.2) is 0 Å². The van der Waals surface area contributed by atoms with Crippen molar-refractivity contribution in [3.05, 3.63) is 65.2 Å². The molecule has 0 spiro atoms. The van der Waals surface area contributed by atoms with Gasteiger partial charge in [-0.2, -0.15) is 0 Å². The minimum absolute atomic E-state index is 0.843. The largest absolute Gasteiger partial charge is 0.0801 e. The molecule has 0 bridgehead atoms. The van der Waals surface area contributed by atoms with Gasteiger partial charge in [-0.15, -0.1) is 0 Å². The maximum atomic E-state index is 5.44. The third kappa shape index (κ3) is 2.46. The van der Waals surface area contributed by atoms with Gasteiger partial charge in [0, 0.05) is 4.90 Å². The molecule has 0 atom stereocenters. The fourth-order valence-electron chi connectivity index (χ4n) is 1.48. The van der Waals surface area contributed by atoms with Crippen molar-refractivity contribution in [2.24, 2.45) is 0 Å². The van der Waals surface area contributed by atoms with E-state index in [4.69, 9.17) is 24.8 Å². The van der Waals surface area contributed by atoms with Crippen LogP contribution in [-0.4, -0.2) is 4.86 Å². The van der Waals surface area contributed by atoms with E-state index in [1.54, 1.807) is 0 Å². The first kappa shape index (κ1) is 11.2. The maximum Gasteiger partial charge on any atom is 0.0521 e. The van der Waals surface area contributed by atoms with Gasteiger partial charge in [0.25, 0.3) is 0 Å². The average Bonchev–Trinajstić information content (AvgIpc) is 2.30. The number of benzene rings is 2. The van der Waals surface area contributed by atoms with Crippen molar-refractivity contribution in [2.75, 3.05) is 0 Å². The zero-order chi connectivity index (χ0) is 11.5. The maximum absolute atomic E-state index is 5.44. The molecule has 2 heteroatoms. The van der Waals surface area contributed by atoms with Crippen molar-refractivity contribution < 1.29 is 0 Å². The second-order valence-corrected chi connectivity index (χ2v) is 4.60. The Morgan fingerprint density at radius 3 is 1.75 bits per heavy atom. The van der Waals surface area contributed by atoms with Crippen LogP contribution in [0.15, 0.2) is 53.4 Å². The summed E-state index contributed by atoms with van der Waals surface area (Å²) >= 11 is 10.5. The van der Waals surface area contributed by atoms with E-state index in [0.717, 1.165) is 20.9 Å². The Morgan fingerprint density at radius 1 is 0.812 bits per heavy atom. The summed E-state index contributed by atoms with van der Waals surface area (Å²) in [5, 5.41) is 0. The Hall–Kier alpha value is -1.25. The molecule has 79 valence electrons. The third-order valence-electron chi connectivity index (χ3n) is 2.43. The second kappa shape index (κ2) is 4.73. The van der Waals surface area contributed by atoms with E-state index in [9.17, 15) is 0 Å². The molecule has 16 heavy (non-hydrogen) atoms. The molecule has 0 aromatic heterocycles. The molecule has 2 aromatic rings. The van der Waals surface area contributed by atoms with Crippen LogP contribution in [0, 0.1) is 6.92 Å². The minimum atomic E-state index is 0.843. The topological polar surface area (TPSA) is 0 Å². The highest BCUT2D eigenvalue weighted by Crippen LogP contribution is 2.14. The summed E-state index contributed by atoms with van der Waals surface area (Å²) in [6.45, 7) is 2.07. The molecule has 0 unspecified atom stereocenters. The van der Waals surface area contributed by atoms with Gasteiger partial charge < -0.3 is 0 Å². The van der Waals surface area contributed by atoms with Crippen molar-refractivity contribution in [3.63, 3.8) is 0 Å². The van der Waals surface area contributed by atoms with Crippen LogP contribution in [0.4, 0.5) is 0 Å². The van der Waals surface area contributed by atoms with Crippen LogP contribution < -0.4 is 0 Å². The standard InChI is InChI=1S/C14H11S2/c1-10-2-4-11(5-3-10)14(16)12-6-8-13(15)9-7-12/h2-9H,1H3. The molecule has 0 aliphatic heterocycles. The van der Waals surface area contributed by atoms with E-state index in [-0.39, 0.29) is 0 Å². The van der Waals surface area contributed by atoms with E-state index in [1.165, 1.54) is 5.56 Å². The number of thiocarbonyl (C=S) groups is 1. The summed E-state index contributed by atoms with van der Waals surface area (Å²) < 4.78 is 0. The fraction of sp³-hybridized carbons (Fsp3) is 0.0714. The van der Waals surface area contributed by atoms with Crippen LogP contribution in [0.2, 0.25) is 0 Å². The van der Waals surface area contributed by atoms with E-state index >= 15 is 0 Å². The molecule has 0 N–H and O–H groups in total. The van der Waals surface area contributed by atoms with Gasteiger partial charge in [-0.25, -0.2) is 0 Å². The van der Waals surface area contributed by atoms with Crippen molar-refractivity contribution in [2.45, 2.75) is 11.8 Å². The fourth-order valence-corrected chi connectivity index (χ4v) is 1.89. The second-order valence-electron chi connectivity index (χ2n) is 3.72. The van der Waals surface area contributed by atoms with Crippen LogP contribution >= 0.6 is 24.8 Å². The molecule has 0 saturated carbocycles. The van der Waals surface area contributed by atoms with Gasteiger partial charge in [-0.05, 0) is 30.2 Å². The summed E-state index contributed by atoms with van der Waals surface area (Å²) in [7, 11) is 0. The van der Waals surface area contributed by atoms with Crippen LogP contribution in [-0.2, 0) is 0 Å². The summed E-state index contributed by atoms with van der Waals surface area (Å²) in [4.78, 5) is 1.71. The van der Waals surface area contributed by atoms with Gasteiger partial charge in [0.1, 0.15) is 0 Å². The van der Waals surface area contributed by atoms with E-state index in [1.807, 2.05) is 24.3 Å². The molecule has 0 amide bonds. The lowest BCUT2D eigenvalue weighted by Gasteiger charge is -2.04. The number of hydrogen-bond acceptors (Lipinski definition) is 1. The van der Waals surface area contributed by atoms with E-state index < -0.39 is 0 Å². The van der Waals surface area contributed by atoms with Crippen molar-refractivity contribution >= 4 is 29.7 Å². The highest BCUT2D eigenvalue weighted by atomic mass is 32.1. The monoisotopic (exact) mass is 243 g/mol. The Labute approximate surface area is 107 Å². The molecular formula is C14H11S2. The smallest absolute Gasteiger partial charge is 0.0521 e. The molecule has 0 heterocycles. The first-order valence-electron chi connectivity index (χ1n) is 5.05. The van der Waals surface area contributed by atoms with Gasteiger partial charge in [0.05, 0.1) is 4.86 Å². The normalized spacial score (nSPS) is 10.1. The Kier molecular flexibility index (Phi) is 3.32. The lowest BCUT2D eigenvalue weighted by Crippen LogP contribution is -1.99. The van der Waals surface area contributed by atoms with E-state index in [2.05, 4.69) is 31.2 Å². The minimum Gasteiger partial charge on any atom is -0.0801 e. The van der Waals surface area contributed by atoms with Crippen LogP contribution in [0.1, 0.15) is 16.7 Å². The van der Waals surface area contributed by atoms with Gasteiger partial charge in [-0.1, -0.05) is 66.8 Å². The van der Waals surface area contributed by atoms with Gasteiger partial charge >= 0.3 is 0 Å². The van der Waals surface area contributed by atoms with E-state index in [0.29, 0.717) is 0 Å². The zero-order valence-corrected chi connectivity index (χ0v) is 10.6. The first-order valence-corrected chi connectivity index (χ1v) is 5.87. The van der Waals surface area contributed by atoms with Crippen molar-refractivity contribution in [3.8, 4) is 0 Å². The van der Waals surface area contributed by atoms with Crippen molar-refractivity contribution in [1.82, 2.24) is 0 Å². The molecule has 2 rings (SSSR count). The summed E-state index contributed by atoms with van der Waals surface area (Å²) in [5.74, 6) is 0. The molecule has 2 aromatic carbocycles. The van der Waals surface area contributed by atoms with Crippen LogP contribution in [0.5, 0.6) is 0 Å². The average molecular weight is 243 g/mol. The Bertz CT molecular complexity index is 448. The number of rotatable bonds is 2. The molecule has 0 aliphatic carbocycles. The predicted molar refractivity (Wildman–Crippen MR) is 74.3 cm³/mol.